The molecule has 1 aromatic heterocycles. The van der Waals surface area contributed by atoms with E-state index in [0.29, 0.717) is 11.5 Å². The zero-order chi connectivity index (χ0) is 17.8. The molecule has 1 aliphatic rings. The summed E-state index contributed by atoms with van der Waals surface area (Å²) >= 11 is 6.83. The fraction of sp³-hybridized carbons (Fsp3) is 0.316. The molecule has 0 bridgehead atoms. The third kappa shape index (κ3) is 4.25. The lowest BCUT2D eigenvalue weighted by atomic mass is 9.89. The van der Waals surface area contributed by atoms with Crippen LogP contribution in [-0.2, 0) is 24.1 Å². The van der Waals surface area contributed by atoms with Gasteiger partial charge in [-0.15, -0.1) is 11.3 Å². The first-order chi connectivity index (χ1) is 12.1. The summed E-state index contributed by atoms with van der Waals surface area (Å²) in [7, 11) is 0. The molecule has 0 spiro atoms. The van der Waals surface area contributed by atoms with Gasteiger partial charge < -0.3 is 10.6 Å². The van der Waals surface area contributed by atoms with Crippen LogP contribution >= 0.6 is 23.6 Å². The molecule has 2 N–H and O–H groups in total. The van der Waals surface area contributed by atoms with Crippen molar-refractivity contribution in [2.24, 2.45) is 5.92 Å². The molecular weight excluding hydrogens is 350 g/mol. The molecule has 4 nitrogen and oxygen atoms in total. The first-order valence-electron chi connectivity index (χ1n) is 8.26. The molecule has 0 saturated carbocycles. The number of nitrogens with zero attached hydrogens (tertiary/aromatic N) is 1. The van der Waals surface area contributed by atoms with Crippen molar-refractivity contribution in [3.05, 3.63) is 51.9 Å². The second-order valence-electron chi connectivity index (χ2n) is 6.33. The molecule has 6 heteroatoms. The van der Waals surface area contributed by atoms with Crippen LogP contribution in [0.15, 0.2) is 30.3 Å². The highest BCUT2D eigenvalue weighted by atomic mass is 32.1. The number of thiocarbonyl (C=S) groups is 1. The molecule has 3 rings (SSSR count). The van der Waals surface area contributed by atoms with Gasteiger partial charge >= 0.3 is 0 Å². The van der Waals surface area contributed by atoms with Gasteiger partial charge in [-0.05, 0) is 48.5 Å². The number of carbonyl (C=O) groups is 1. The Labute approximate surface area is 156 Å². The summed E-state index contributed by atoms with van der Waals surface area (Å²) in [4.78, 5) is 13.4. The van der Waals surface area contributed by atoms with E-state index in [9.17, 15) is 10.1 Å². The predicted octanol–water partition coefficient (Wildman–Crippen LogP) is 3.80. The summed E-state index contributed by atoms with van der Waals surface area (Å²) in [6.45, 7) is 2.23. The second-order valence-corrected chi connectivity index (χ2v) is 7.85. The van der Waals surface area contributed by atoms with Gasteiger partial charge in [-0.1, -0.05) is 37.3 Å². The van der Waals surface area contributed by atoms with Gasteiger partial charge in [0.15, 0.2) is 5.11 Å². The number of benzene rings is 1. The number of carbonyl (C=O) groups excluding carboxylic acids is 1. The molecule has 2 aromatic rings. The van der Waals surface area contributed by atoms with Crippen molar-refractivity contribution in [3.63, 3.8) is 0 Å². The van der Waals surface area contributed by atoms with E-state index >= 15 is 0 Å². The Hall–Kier alpha value is -2.23. The van der Waals surface area contributed by atoms with E-state index in [1.165, 1.54) is 4.88 Å². The SMILES string of the molecule is C[C@@H]1CCc2c(sc(NC(=S)NC(=O)Cc3ccccc3)c2C#N)C1. The molecule has 0 aliphatic heterocycles. The average Bonchev–Trinajstić information content (AvgIpc) is 2.91. The first kappa shape index (κ1) is 17.6. The van der Waals surface area contributed by atoms with Crippen LogP contribution in [0.25, 0.3) is 0 Å². The molecule has 1 atom stereocenters. The van der Waals surface area contributed by atoms with Crippen LogP contribution in [0.1, 0.15) is 34.9 Å². The first-order valence-corrected chi connectivity index (χ1v) is 9.48. The molecule has 0 radical (unpaired) electrons. The normalized spacial score (nSPS) is 15.8. The standard InChI is InChI=1S/C19H19N3OS2/c1-12-7-8-14-15(11-20)18(25-16(14)9-12)22-19(24)21-17(23)10-13-5-3-2-4-6-13/h2-6,12H,7-10H2,1H3,(H2,21,22,23,24)/t12-/m1/s1. The van der Waals surface area contributed by atoms with E-state index < -0.39 is 0 Å². The highest BCUT2D eigenvalue weighted by molar-refractivity contribution is 7.80. The zero-order valence-electron chi connectivity index (χ0n) is 14.0. The minimum absolute atomic E-state index is 0.169. The fourth-order valence-electron chi connectivity index (χ4n) is 3.04. The molecule has 1 aromatic carbocycles. The average molecular weight is 370 g/mol. The monoisotopic (exact) mass is 369 g/mol. The maximum Gasteiger partial charge on any atom is 0.230 e. The number of rotatable bonds is 3. The number of amides is 1. The number of hydrogen-bond acceptors (Lipinski definition) is 4. The Morgan fingerprint density at radius 2 is 2.16 bits per heavy atom. The topological polar surface area (TPSA) is 64.9 Å². The number of anilines is 1. The summed E-state index contributed by atoms with van der Waals surface area (Å²) in [5.41, 5.74) is 2.75. The van der Waals surface area contributed by atoms with Crippen LogP contribution < -0.4 is 10.6 Å². The van der Waals surface area contributed by atoms with E-state index in [2.05, 4.69) is 23.6 Å². The number of fused-ring (bicyclic) bond motifs is 1. The molecule has 0 unspecified atom stereocenters. The highest BCUT2D eigenvalue weighted by Gasteiger charge is 2.24. The van der Waals surface area contributed by atoms with Gasteiger partial charge in [0, 0.05) is 4.88 Å². The van der Waals surface area contributed by atoms with Crippen molar-refractivity contribution in [1.82, 2.24) is 5.32 Å². The minimum Gasteiger partial charge on any atom is -0.323 e. The lowest BCUT2D eigenvalue weighted by Gasteiger charge is -2.17. The summed E-state index contributed by atoms with van der Waals surface area (Å²) in [5.74, 6) is 0.472. The van der Waals surface area contributed by atoms with Crippen molar-refractivity contribution in [1.29, 1.82) is 5.26 Å². The van der Waals surface area contributed by atoms with E-state index in [0.717, 1.165) is 35.4 Å². The lowest BCUT2D eigenvalue weighted by molar-refractivity contribution is -0.119. The Bertz CT molecular complexity index is 836. The van der Waals surface area contributed by atoms with Crippen LogP contribution in [0, 0.1) is 17.2 Å². The predicted molar refractivity (Wildman–Crippen MR) is 105 cm³/mol. The maximum absolute atomic E-state index is 12.1. The lowest BCUT2D eigenvalue weighted by Crippen LogP contribution is -2.35. The van der Waals surface area contributed by atoms with E-state index in [-0.39, 0.29) is 17.4 Å². The molecule has 1 amide bonds. The van der Waals surface area contributed by atoms with E-state index in [1.54, 1.807) is 11.3 Å². The molecule has 1 aliphatic carbocycles. The number of nitriles is 1. The van der Waals surface area contributed by atoms with Gasteiger partial charge in [0.1, 0.15) is 11.1 Å². The van der Waals surface area contributed by atoms with Crippen molar-refractivity contribution in [2.45, 2.75) is 32.6 Å². The van der Waals surface area contributed by atoms with Gasteiger partial charge in [-0.25, -0.2) is 0 Å². The summed E-state index contributed by atoms with van der Waals surface area (Å²) in [5, 5.41) is 16.2. The molecule has 1 heterocycles. The van der Waals surface area contributed by atoms with E-state index in [4.69, 9.17) is 12.2 Å². The van der Waals surface area contributed by atoms with Crippen molar-refractivity contribution in [2.75, 3.05) is 5.32 Å². The minimum atomic E-state index is -0.169. The fourth-order valence-corrected chi connectivity index (χ4v) is 4.69. The van der Waals surface area contributed by atoms with Gasteiger partial charge in [0.05, 0.1) is 12.0 Å². The van der Waals surface area contributed by atoms with E-state index in [1.807, 2.05) is 30.3 Å². The Morgan fingerprint density at radius 1 is 1.40 bits per heavy atom. The Balaban J connectivity index is 1.65. The molecular formula is C19H19N3OS2. The van der Waals surface area contributed by atoms with Crippen molar-refractivity contribution >= 4 is 39.6 Å². The van der Waals surface area contributed by atoms with Gasteiger partial charge in [-0.3, -0.25) is 4.79 Å². The number of thiophene rings is 1. The van der Waals surface area contributed by atoms with Crippen LogP contribution in [0.5, 0.6) is 0 Å². The quantitative estimate of drug-likeness (QED) is 0.808. The van der Waals surface area contributed by atoms with Crippen molar-refractivity contribution < 1.29 is 4.79 Å². The molecule has 128 valence electrons. The van der Waals surface area contributed by atoms with Crippen LogP contribution in [0.3, 0.4) is 0 Å². The second kappa shape index (κ2) is 7.77. The van der Waals surface area contributed by atoms with Gasteiger partial charge in [-0.2, -0.15) is 5.26 Å². The summed E-state index contributed by atoms with van der Waals surface area (Å²) in [6.07, 6.45) is 3.32. The van der Waals surface area contributed by atoms with Crippen LogP contribution in [0.4, 0.5) is 5.00 Å². The third-order valence-corrected chi connectivity index (χ3v) is 5.68. The highest BCUT2D eigenvalue weighted by Crippen LogP contribution is 2.39. The zero-order valence-corrected chi connectivity index (χ0v) is 15.6. The Morgan fingerprint density at radius 3 is 2.88 bits per heavy atom. The summed E-state index contributed by atoms with van der Waals surface area (Å²) < 4.78 is 0. The molecule has 25 heavy (non-hydrogen) atoms. The van der Waals surface area contributed by atoms with Gasteiger partial charge in [0.25, 0.3) is 0 Å². The smallest absolute Gasteiger partial charge is 0.230 e. The third-order valence-electron chi connectivity index (χ3n) is 4.31. The van der Waals surface area contributed by atoms with Crippen LogP contribution in [0.2, 0.25) is 0 Å². The molecule has 0 saturated heterocycles. The maximum atomic E-state index is 12.1. The Kier molecular flexibility index (Phi) is 5.47. The number of hydrogen-bond donors (Lipinski definition) is 2. The van der Waals surface area contributed by atoms with Crippen molar-refractivity contribution in [3.8, 4) is 6.07 Å². The molecule has 0 fully saturated rings. The largest absolute Gasteiger partial charge is 0.323 e. The van der Waals surface area contributed by atoms with Crippen LogP contribution in [-0.4, -0.2) is 11.0 Å². The number of nitrogens with one attached hydrogen (secondary N) is 2. The van der Waals surface area contributed by atoms with Gasteiger partial charge in [0.2, 0.25) is 5.91 Å². The summed E-state index contributed by atoms with van der Waals surface area (Å²) in [6, 6.07) is 11.8.